The van der Waals surface area contributed by atoms with Gasteiger partial charge in [0.05, 0.1) is 13.2 Å². The summed E-state index contributed by atoms with van der Waals surface area (Å²) in [6, 6.07) is 29.3. The van der Waals surface area contributed by atoms with Crippen molar-refractivity contribution in [3.05, 3.63) is 131 Å². The maximum atomic E-state index is 12.9. The molecule has 4 aromatic carbocycles. The van der Waals surface area contributed by atoms with Crippen molar-refractivity contribution in [2.24, 2.45) is 0 Å². The van der Waals surface area contributed by atoms with Crippen LogP contribution in [0.5, 0.6) is 5.75 Å². The van der Waals surface area contributed by atoms with Crippen LogP contribution in [-0.2, 0) is 21.2 Å². The highest BCUT2D eigenvalue weighted by Crippen LogP contribution is 2.36. The summed E-state index contributed by atoms with van der Waals surface area (Å²) in [6.07, 6.45) is 5.32. The van der Waals surface area contributed by atoms with Gasteiger partial charge in [-0.1, -0.05) is 66.7 Å². The zero-order chi connectivity index (χ0) is 35.5. The Morgan fingerprint density at radius 3 is 2.12 bits per heavy atom. The van der Waals surface area contributed by atoms with Crippen molar-refractivity contribution in [2.75, 3.05) is 12.4 Å². The van der Waals surface area contributed by atoms with Crippen LogP contribution >= 0.6 is 0 Å². The first-order valence-electron chi connectivity index (χ1n) is 15.9. The summed E-state index contributed by atoms with van der Waals surface area (Å²) in [4.78, 5) is 25.3. The lowest BCUT2D eigenvalue weighted by Gasteiger charge is -2.22. The number of alkyl halides is 3. The quantitative estimate of drug-likeness (QED) is 0.152. The highest BCUT2D eigenvalue weighted by molar-refractivity contribution is 7.90. The number of sulfonamides is 1. The summed E-state index contributed by atoms with van der Waals surface area (Å²) in [5.74, 6) is -1.28. The minimum Gasteiger partial charge on any atom is -0.496 e. The molecule has 1 heterocycles. The lowest BCUT2D eigenvalue weighted by molar-refractivity contribution is -0.0446. The maximum Gasteiger partial charge on any atom is 0.516 e. The van der Waals surface area contributed by atoms with Gasteiger partial charge in [-0.15, -0.1) is 0 Å². The average molecular weight is 706 g/mol. The number of amides is 2. The molecule has 260 valence electrons. The predicted octanol–water partition coefficient (Wildman–Crippen LogP) is 7.95. The van der Waals surface area contributed by atoms with Gasteiger partial charge in [-0.3, -0.25) is 10.1 Å². The van der Waals surface area contributed by atoms with Gasteiger partial charge in [0.25, 0.3) is 5.91 Å². The molecule has 5 aromatic rings. The molecule has 0 spiro atoms. The van der Waals surface area contributed by atoms with E-state index in [0.717, 1.165) is 58.0 Å². The fraction of sp³-hybridized carbons (Fsp3) is 0.243. The first-order valence-corrected chi connectivity index (χ1v) is 17.4. The standard InChI is InChI=1S/C37H34F3N3O6S/c1-48-33-21-27(35(44)42-50(46,47)37(38,39)40)17-16-26(33)20-28-23-43(34(24-10-4-2-5-11-24)25-12-6-3-7-13-25)32-19-18-29(22-31(28)32)41-36(45)49-30-14-8-9-15-30/h2-7,10-13,16-19,21-23,30,34H,8-9,14-15,20H2,1H3,(H,41,45)(H,42,44). The molecule has 1 aliphatic rings. The van der Waals surface area contributed by atoms with Crippen molar-refractivity contribution in [1.82, 2.24) is 9.29 Å². The normalized spacial score (nSPS) is 13.8. The zero-order valence-electron chi connectivity index (χ0n) is 26.9. The maximum absolute atomic E-state index is 12.9. The Hall–Kier alpha value is -5.30. The van der Waals surface area contributed by atoms with Gasteiger partial charge in [-0.2, -0.15) is 21.6 Å². The molecule has 0 aliphatic heterocycles. The van der Waals surface area contributed by atoms with Crippen LogP contribution in [0.4, 0.5) is 23.7 Å². The fourth-order valence-electron chi connectivity index (χ4n) is 6.32. The number of nitrogens with one attached hydrogen (secondary N) is 2. The summed E-state index contributed by atoms with van der Waals surface area (Å²) >= 11 is 0. The minimum absolute atomic E-state index is 0.112. The number of ether oxygens (including phenoxy) is 2. The first kappa shape index (κ1) is 34.6. The zero-order valence-corrected chi connectivity index (χ0v) is 27.8. The summed E-state index contributed by atoms with van der Waals surface area (Å²) in [5.41, 5.74) is -1.13. The molecule has 0 unspecified atom stereocenters. The largest absolute Gasteiger partial charge is 0.516 e. The van der Waals surface area contributed by atoms with Crippen LogP contribution in [0.25, 0.3) is 10.9 Å². The molecular formula is C37H34F3N3O6S. The van der Waals surface area contributed by atoms with E-state index in [-0.39, 0.29) is 29.9 Å². The molecule has 0 atom stereocenters. The van der Waals surface area contributed by atoms with Gasteiger partial charge in [0.1, 0.15) is 11.9 Å². The molecule has 2 amide bonds. The number of benzene rings is 4. The molecule has 9 nitrogen and oxygen atoms in total. The van der Waals surface area contributed by atoms with Crippen molar-refractivity contribution in [1.29, 1.82) is 0 Å². The summed E-state index contributed by atoms with van der Waals surface area (Å²) < 4.78 is 76.1. The number of nitrogens with zero attached hydrogens (tertiary/aromatic N) is 1. The third-order valence-corrected chi connectivity index (χ3v) is 9.77. The number of halogens is 3. The molecule has 0 bridgehead atoms. The molecule has 13 heteroatoms. The monoisotopic (exact) mass is 705 g/mol. The van der Waals surface area contributed by atoms with E-state index in [4.69, 9.17) is 9.47 Å². The first-order chi connectivity index (χ1) is 23.9. The Morgan fingerprint density at radius 1 is 0.880 bits per heavy atom. The van der Waals surface area contributed by atoms with Crippen LogP contribution in [0.1, 0.15) is 64.3 Å². The van der Waals surface area contributed by atoms with Crippen molar-refractivity contribution >= 4 is 38.6 Å². The number of hydrogen-bond donors (Lipinski definition) is 2. The van der Waals surface area contributed by atoms with E-state index >= 15 is 0 Å². The van der Waals surface area contributed by atoms with E-state index in [9.17, 15) is 31.2 Å². The molecule has 6 rings (SSSR count). The molecule has 0 saturated heterocycles. The number of fused-ring (bicyclic) bond motifs is 1. The lowest BCUT2D eigenvalue weighted by atomic mass is 9.98. The predicted molar refractivity (Wildman–Crippen MR) is 183 cm³/mol. The van der Waals surface area contributed by atoms with Crippen molar-refractivity contribution in [3.8, 4) is 5.75 Å². The Kier molecular flexibility index (Phi) is 9.87. The smallest absolute Gasteiger partial charge is 0.496 e. The third-order valence-electron chi connectivity index (χ3n) is 8.71. The second-order valence-electron chi connectivity index (χ2n) is 12.0. The van der Waals surface area contributed by atoms with E-state index in [1.807, 2.05) is 85.1 Å². The van der Waals surface area contributed by atoms with Gasteiger partial charge in [0.2, 0.25) is 0 Å². The molecule has 1 fully saturated rings. The number of anilines is 1. The Labute approximate surface area is 287 Å². The molecule has 0 radical (unpaired) electrons. The molecule has 2 N–H and O–H groups in total. The summed E-state index contributed by atoms with van der Waals surface area (Å²) in [6.45, 7) is 0. The number of aromatic nitrogens is 1. The molecule has 1 aliphatic carbocycles. The third kappa shape index (κ3) is 7.47. The van der Waals surface area contributed by atoms with Gasteiger partial charge >= 0.3 is 21.6 Å². The van der Waals surface area contributed by atoms with Gasteiger partial charge in [0.15, 0.2) is 0 Å². The molecule has 1 saturated carbocycles. The molecule has 50 heavy (non-hydrogen) atoms. The Bertz CT molecular complexity index is 2070. The van der Waals surface area contributed by atoms with Crippen molar-refractivity contribution in [2.45, 2.75) is 49.8 Å². The number of carbonyl (C=O) groups excluding carboxylic acids is 2. The highest BCUT2D eigenvalue weighted by atomic mass is 32.2. The van der Waals surface area contributed by atoms with E-state index in [0.29, 0.717) is 11.3 Å². The van der Waals surface area contributed by atoms with Crippen molar-refractivity contribution in [3.63, 3.8) is 0 Å². The van der Waals surface area contributed by atoms with E-state index < -0.39 is 27.5 Å². The SMILES string of the molecule is COc1cc(C(=O)NS(=O)(=O)C(F)(F)F)ccc1Cc1cn(C(c2ccccc2)c2ccccc2)c2ccc(NC(=O)OC3CCCC3)cc12. The van der Waals surface area contributed by atoms with Crippen LogP contribution in [0.2, 0.25) is 0 Å². The fourth-order valence-corrected chi connectivity index (χ4v) is 6.80. The van der Waals surface area contributed by atoms with Crippen LogP contribution in [0.3, 0.4) is 0 Å². The molecular weight excluding hydrogens is 671 g/mol. The summed E-state index contributed by atoms with van der Waals surface area (Å²) in [5, 5.41) is 3.66. The van der Waals surface area contributed by atoms with E-state index in [1.165, 1.54) is 25.3 Å². The molecule has 1 aromatic heterocycles. The van der Waals surface area contributed by atoms with Crippen LogP contribution < -0.4 is 14.8 Å². The van der Waals surface area contributed by atoms with Crippen molar-refractivity contribution < 1.29 is 40.7 Å². The lowest BCUT2D eigenvalue weighted by Crippen LogP contribution is -2.40. The summed E-state index contributed by atoms with van der Waals surface area (Å²) in [7, 11) is -4.56. The van der Waals surface area contributed by atoms with Gasteiger partial charge < -0.3 is 14.0 Å². The van der Waals surface area contributed by atoms with Crippen LogP contribution in [-0.4, -0.2) is 43.7 Å². The number of carbonyl (C=O) groups is 2. The topological polar surface area (TPSA) is 116 Å². The number of methoxy groups -OCH3 is 1. The minimum atomic E-state index is -5.90. The second kappa shape index (κ2) is 14.3. The number of hydrogen-bond acceptors (Lipinski definition) is 6. The number of rotatable bonds is 10. The van der Waals surface area contributed by atoms with E-state index in [2.05, 4.69) is 9.88 Å². The Balaban J connectivity index is 1.41. The van der Waals surface area contributed by atoms with Crippen LogP contribution in [0.15, 0.2) is 103 Å². The van der Waals surface area contributed by atoms with E-state index in [1.54, 1.807) is 0 Å². The average Bonchev–Trinajstić information content (AvgIpc) is 3.73. The Morgan fingerprint density at radius 2 is 1.52 bits per heavy atom. The van der Waals surface area contributed by atoms with Gasteiger partial charge in [-0.25, -0.2) is 9.52 Å². The second-order valence-corrected chi connectivity index (χ2v) is 13.7. The highest BCUT2D eigenvalue weighted by Gasteiger charge is 2.47. The van der Waals surface area contributed by atoms with Gasteiger partial charge in [-0.05, 0) is 78.3 Å². The van der Waals surface area contributed by atoms with Gasteiger partial charge in [0, 0.05) is 34.8 Å². The van der Waals surface area contributed by atoms with Crippen LogP contribution in [0, 0.1) is 0 Å².